The van der Waals surface area contributed by atoms with Crippen LogP contribution in [0.1, 0.15) is 22.6 Å². The van der Waals surface area contributed by atoms with Crippen LogP contribution in [0.25, 0.3) is 5.69 Å². The lowest BCUT2D eigenvalue weighted by molar-refractivity contribution is -0.118. The van der Waals surface area contributed by atoms with E-state index in [0.29, 0.717) is 5.16 Å². The number of hydrogen-bond acceptors (Lipinski definition) is 5. The average Bonchev–Trinajstić information content (AvgIpc) is 3.08. The summed E-state index contributed by atoms with van der Waals surface area (Å²) >= 11 is 1.29. The van der Waals surface area contributed by atoms with Gasteiger partial charge in [0.1, 0.15) is 0 Å². The van der Waals surface area contributed by atoms with Crippen molar-refractivity contribution in [3.05, 3.63) is 71.3 Å². The van der Waals surface area contributed by atoms with Crippen molar-refractivity contribution in [1.82, 2.24) is 20.0 Å². The molecule has 0 bridgehead atoms. The summed E-state index contributed by atoms with van der Waals surface area (Å²) < 4.78 is 2.01. The van der Waals surface area contributed by atoms with Crippen LogP contribution in [0.3, 0.4) is 0 Å². The largest absolute Gasteiger partial charge is 0.316 e. The maximum atomic E-state index is 12.0. The Hall–Kier alpha value is -2.93. The van der Waals surface area contributed by atoms with Crippen LogP contribution in [0, 0.1) is 20.8 Å². The number of hydrogen-bond donors (Lipinski definition) is 1. The maximum Gasteiger partial charge on any atom is 0.250 e. The molecule has 0 fully saturated rings. The third-order valence-corrected chi connectivity index (χ3v) is 4.62. The zero-order chi connectivity index (χ0) is 19.2. The molecule has 0 atom stereocenters. The smallest absolute Gasteiger partial charge is 0.250 e. The zero-order valence-corrected chi connectivity index (χ0v) is 16.3. The maximum absolute atomic E-state index is 12.0. The Morgan fingerprint density at radius 2 is 1.85 bits per heavy atom. The fourth-order valence-electron chi connectivity index (χ4n) is 2.53. The topological polar surface area (TPSA) is 72.2 Å². The quantitative estimate of drug-likeness (QED) is 0.308. The highest BCUT2D eigenvalue weighted by molar-refractivity contribution is 7.99. The molecule has 7 heteroatoms. The Balaban J connectivity index is 1.57. The van der Waals surface area contributed by atoms with Gasteiger partial charge in [-0.2, -0.15) is 5.10 Å². The molecule has 0 saturated carbocycles. The lowest BCUT2D eigenvalue weighted by Crippen LogP contribution is -2.20. The van der Waals surface area contributed by atoms with Gasteiger partial charge in [-0.25, -0.2) is 15.4 Å². The minimum atomic E-state index is -0.201. The lowest BCUT2D eigenvalue weighted by Gasteiger charge is -2.06. The zero-order valence-electron chi connectivity index (χ0n) is 15.5. The number of thioether (sulfide) groups is 1. The predicted molar refractivity (Wildman–Crippen MR) is 108 cm³/mol. The molecule has 3 rings (SSSR count). The van der Waals surface area contributed by atoms with Crippen molar-refractivity contribution in [2.45, 2.75) is 25.9 Å². The second kappa shape index (κ2) is 8.64. The fraction of sp³-hybridized carbons (Fsp3) is 0.200. The molecule has 0 aliphatic heterocycles. The van der Waals surface area contributed by atoms with Crippen LogP contribution >= 0.6 is 11.8 Å². The van der Waals surface area contributed by atoms with E-state index in [9.17, 15) is 4.79 Å². The third-order valence-electron chi connectivity index (χ3n) is 3.77. The van der Waals surface area contributed by atoms with Crippen molar-refractivity contribution in [1.29, 1.82) is 0 Å². The van der Waals surface area contributed by atoms with E-state index in [4.69, 9.17) is 0 Å². The van der Waals surface area contributed by atoms with E-state index in [1.165, 1.54) is 17.3 Å². The lowest BCUT2D eigenvalue weighted by atomic mass is 10.2. The average molecular weight is 379 g/mol. The number of benzene rings is 1. The SMILES string of the molecule is Cc1ccc(-n2cccc2/C=N\NC(=O)CSc2nc(C)cc(C)n2)cc1. The molecule has 6 nitrogen and oxygen atoms in total. The Bertz CT molecular complexity index is 943. The Labute approximate surface area is 162 Å². The van der Waals surface area contributed by atoms with Gasteiger partial charge < -0.3 is 4.57 Å². The molecule has 0 aliphatic carbocycles. The van der Waals surface area contributed by atoms with Crippen molar-refractivity contribution in [2.75, 3.05) is 5.75 Å². The first-order valence-electron chi connectivity index (χ1n) is 8.52. The molecule has 0 spiro atoms. The highest BCUT2D eigenvalue weighted by Crippen LogP contribution is 2.14. The van der Waals surface area contributed by atoms with Gasteiger partial charge in [-0.3, -0.25) is 4.79 Å². The van der Waals surface area contributed by atoms with Gasteiger partial charge in [0.05, 0.1) is 17.7 Å². The summed E-state index contributed by atoms with van der Waals surface area (Å²) in [5.74, 6) is 0.00611. The molecule has 2 heterocycles. The van der Waals surface area contributed by atoms with Crippen LogP contribution in [0.15, 0.2) is 58.9 Å². The van der Waals surface area contributed by atoms with Crippen LogP contribution in [0.5, 0.6) is 0 Å². The van der Waals surface area contributed by atoms with E-state index in [-0.39, 0.29) is 11.7 Å². The summed E-state index contributed by atoms with van der Waals surface area (Å²) in [5.41, 5.74) is 7.46. The van der Waals surface area contributed by atoms with E-state index in [1.54, 1.807) is 6.21 Å². The van der Waals surface area contributed by atoms with Crippen molar-refractivity contribution in [3.63, 3.8) is 0 Å². The molecular weight excluding hydrogens is 358 g/mol. The van der Waals surface area contributed by atoms with E-state index in [2.05, 4.69) is 39.6 Å². The first kappa shape index (κ1) is 18.8. The highest BCUT2D eigenvalue weighted by atomic mass is 32.2. The van der Waals surface area contributed by atoms with Gasteiger partial charge in [-0.1, -0.05) is 29.5 Å². The molecular formula is C20H21N5OS. The number of hydrazone groups is 1. The Kier molecular flexibility index (Phi) is 6.03. The van der Waals surface area contributed by atoms with Crippen LogP contribution in [-0.2, 0) is 4.79 Å². The summed E-state index contributed by atoms with van der Waals surface area (Å²) in [7, 11) is 0. The monoisotopic (exact) mass is 379 g/mol. The van der Waals surface area contributed by atoms with E-state index < -0.39 is 0 Å². The number of rotatable bonds is 6. The van der Waals surface area contributed by atoms with Crippen molar-refractivity contribution >= 4 is 23.9 Å². The summed E-state index contributed by atoms with van der Waals surface area (Å²) in [6.07, 6.45) is 3.59. The number of nitrogens with zero attached hydrogens (tertiary/aromatic N) is 4. The summed E-state index contributed by atoms with van der Waals surface area (Å²) in [4.78, 5) is 20.6. The number of nitrogens with one attached hydrogen (secondary N) is 1. The molecule has 1 N–H and O–H groups in total. The van der Waals surface area contributed by atoms with E-state index in [1.807, 2.05) is 54.9 Å². The first-order chi connectivity index (χ1) is 13.0. The molecule has 3 aromatic rings. The second-order valence-corrected chi connectivity index (χ2v) is 7.10. The van der Waals surface area contributed by atoms with Crippen molar-refractivity contribution < 1.29 is 4.79 Å². The third kappa shape index (κ3) is 5.27. The first-order valence-corrected chi connectivity index (χ1v) is 9.51. The predicted octanol–water partition coefficient (Wildman–Crippen LogP) is 3.43. The minimum absolute atomic E-state index is 0.201. The molecule has 138 valence electrons. The standard InChI is InChI=1S/C20H21N5OS/c1-14-6-8-17(9-7-14)25-10-4-5-18(25)12-21-24-19(26)13-27-20-22-15(2)11-16(3)23-20/h4-12H,13H2,1-3H3,(H,24,26)/b21-12-. The molecule has 2 aromatic heterocycles. The van der Waals surface area contributed by atoms with Gasteiger partial charge in [0, 0.05) is 23.3 Å². The molecule has 0 aliphatic rings. The number of amides is 1. The molecule has 0 unspecified atom stereocenters. The van der Waals surface area contributed by atoms with E-state index in [0.717, 1.165) is 22.8 Å². The van der Waals surface area contributed by atoms with Gasteiger partial charge in [0.15, 0.2) is 5.16 Å². The van der Waals surface area contributed by atoms with E-state index >= 15 is 0 Å². The van der Waals surface area contributed by atoms with Crippen molar-refractivity contribution in [2.24, 2.45) is 5.10 Å². The molecule has 1 amide bonds. The minimum Gasteiger partial charge on any atom is -0.316 e. The van der Waals surface area contributed by atoms with Crippen LogP contribution in [0.2, 0.25) is 0 Å². The highest BCUT2D eigenvalue weighted by Gasteiger charge is 2.06. The van der Waals surface area contributed by atoms with Gasteiger partial charge in [-0.15, -0.1) is 0 Å². The fourth-order valence-corrected chi connectivity index (χ4v) is 3.27. The molecule has 0 saturated heterocycles. The van der Waals surface area contributed by atoms with Crippen molar-refractivity contribution in [3.8, 4) is 5.69 Å². The second-order valence-electron chi connectivity index (χ2n) is 6.15. The normalized spacial score (nSPS) is 11.1. The summed E-state index contributed by atoms with van der Waals surface area (Å²) in [5, 5.41) is 4.66. The van der Waals surface area contributed by atoms with Crippen LogP contribution < -0.4 is 5.43 Å². The van der Waals surface area contributed by atoms with Crippen LogP contribution in [0.4, 0.5) is 0 Å². The van der Waals surface area contributed by atoms with Gasteiger partial charge in [-0.05, 0) is 51.1 Å². The summed E-state index contributed by atoms with van der Waals surface area (Å²) in [6, 6.07) is 14.0. The van der Waals surface area contributed by atoms with Gasteiger partial charge >= 0.3 is 0 Å². The summed E-state index contributed by atoms with van der Waals surface area (Å²) in [6.45, 7) is 5.87. The Morgan fingerprint density at radius 3 is 2.56 bits per heavy atom. The van der Waals surface area contributed by atoms with Gasteiger partial charge in [0.25, 0.3) is 5.91 Å². The molecule has 1 aromatic carbocycles. The Morgan fingerprint density at radius 1 is 1.15 bits per heavy atom. The number of aromatic nitrogens is 3. The number of aryl methyl sites for hydroxylation is 3. The number of carbonyl (C=O) groups is 1. The van der Waals surface area contributed by atoms with Gasteiger partial charge in [0.2, 0.25) is 0 Å². The molecule has 27 heavy (non-hydrogen) atoms. The van der Waals surface area contributed by atoms with Crippen LogP contribution in [-0.4, -0.2) is 32.4 Å². The molecule has 0 radical (unpaired) electrons. The number of carbonyl (C=O) groups excluding carboxylic acids is 1.